The third kappa shape index (κ3) is 4.75. The molecule has 1 unspecified atom stereocenters. The van der Waals surface area contributed by atoms with E-state index in [2.05, 4.69) is 24.4 Å². The molecule has 0 fully saturated rings. The molecule has 5 N–H and O–H groups in total. The lowest BCUT2D eigenvalue weighted by Gasteiger charge is -2.29. The Labute approximate surface area is 175 Å². The van der Waals surface area contributed by atoms with E-state index in [1.807, 2.05) is 43.4 Å². The summed E-state index contributed by atoms with van der Waals surface area (Å²) >= 11 is 0. The fourth-order valence-electron chi connectivity index (χ4n) is 3.70. The van der Waals surface area contributed by atoms with Crippen molar-refractivity contribution in [3.63, 3.8) is 0 Å². The minimum Gasteiger partial charge on any atom is -0.478 e. The second kappa shape index (κ2) is 9.84. The Morgan fingerprint density at radius 1 is 0.967 bits per heavy atom. The molecular formula is C23H26N2O5. The molecule has 1 aliphatic carbocycles. The lowest BCUT2D eigenvalue weighted by molar-refractivity contribution is -0.134. The van der Waals surface area contributed by atoms with Crippen LogP contribution in [0.2, 0.25) is 0 Å². The molecular weight excluding hydrogens is 384 g/mol. The van der Waals surface area contributed by atoms with Crippen LogP contribution in [0.3, 0.4) is 0 Å². The molecule has 158 valence electrons. The van der Waals surface area contributed by atoms with Gasteiger partial charge in [-0.1, -0.05) is 48.5 Å². The largest absolute Gasteiger partial charge is 0.478 e. The van der Waals surface area contributed by atoms with Gasteiger partial charge in [0.1, 0.15) is 0 Å². The number of aliphatic carboxylic acids is 2. The number of carboxylic acids is 2. The van der Waals surface area contributed by atoms with Crippen molar-refractivity contribution in [2.75, 3.05) is 7.05 Å². The van der Waals surface area contributed by atoms with Gasteiger partial charge in [-0.05, 0) is 49.1 Å². The zero-order valence-electron chi connectivity index (χ0n) is 17.0. The van der Waals surface area contributed by atoms with E-state index in [-0.39, 0.29) is 5.91 Å². The maximum Gasteiger partial charge on any atom is 0.328 e. The van der Waals surface area contributed by atoms with E-state index in [9.17, 15) is 14.4 Å². The topological polar surface area (TPSA) is 130 Å². The van der Waals surface area contributed by atoms with Gasteiger partial charge in [0.05, 0.1) is 5.41 Å². The Kier molecular flexibility index (Phi) is 7.49. The molecule has 1 atom stereocenters. The highest BCUT2D eigenvalue weighted by Gasteiger charge is 2.47. The van der Waals surface area contributed by atoms with Gasteiger partial charge in [-0.2, -0.15) is 0 Å². The van der Waals surface area contributed by atoms with Crippen molar-refractivity contribution >= 4 is 17.8 Å². The highest BCUT2D eigenvalue weighted by atomic mass is 16.4. The zero-order valence-corrected chi connectivity index (χ0v) is 17.0. The van der Waals surface area contributed by atoms with E-state index < -0.39 is 17.4 Å². The van der Waals surface area contributed by atoms with Crippen molar-refractivity contribution in [2.24, 2.45) is 5.73 Å². The van der Waals surface area contributed by atoms with Crippen LogP contribution in [0.15, 0.2) is 60.7 Å². The number of carboxylic acid groups (broad SMARTS) is 2. The summed E-state index contributed by atoms with van der Waals surface area (Å²) in [6, 6.07) is 16.6. The smallest absolute Gasteiger partial charge is 0.328 e. The monoisotopic (exact) mass is 410 g/mol. The molecule has 30 heavy (non-hydrogen) atoms. The molecule has 0 saturated heterocycles. The predicted molar refractivity (Wildman–Crippen MR) is 114 cm³/mol. The molecule has 1 aliphatic rings. The predicted octanol–water partition coefficient (Wildman–Crippen LogP) is 2.54. The number of fused-ring (bicyclic) bond motifs is 3. The molecule has 2 aromatic carbocycles. The van der Waals surface area contributed by atoms with E-state index >= 15 is 0 Å². The number of hydrogen-bond donors (Lipinski definition) is 4. The van der Waals surface area contributed by atoms with Gasteiger partial charge in [0.2, 0.25) is 5.91 Å². The summed E-state index contributed by atoms with van der Waals surface area (Å²) in [5.41, 5.74) is 9.58. The summed E-state index contributed by atoms with van der Waals surface area (Å²) in [5, 5.41) is 18.9. The van der Waals surface area contributed by atoms with Crippen LogP contribution in [0.4, 0.5) is 0 Å². The van der Waals surface area contributed by atoms with Crippen molar-refractivity contribution in [3.05, 3.63) is 71.8 Å². The van der Waals surface area contributed by atoms with Crippen molar-refractivity contribution in [1.82, 2.24) is 5.32 Å². The number of primary amides is 1. The van der Waals surface area contributed by atoms with Gasteiger partial charge in [-0.15, -0.1) is 0 Å². The van der Waals surface area contributed by atoms with Crippen LogP contribution in [0, 0.1) is 0 Å². The quantitative estimate of drug-likeness (QED) is 0.519. The Bertz CT molecular complexity index is 906. The first-order valence-electron chi connectivity index (χ1n) is 9.54. The van der Waals surface area contributed by atoms with Gasteiger partial charge >= 0.3 is 11.9 Å². The number of hydrogen-bond acceptors (Lipinski definition) is 4. The third-order valence-corrected chi connectivity index (χ3v) is 5.30. The standard InChI is InChI=1S/C19H22N2O.C4H4O4/c1-13(21-2)11-12-19(18(20)22)16-9-5-3-7-14(16)15-8-4-6-10-17(15)19;5-3(6)1-2-4(7)8/h3-10,13,21H,11-12H2,1-2H3,(H2,20,22);1-2H,(H,5,6)(H,7,8). The molecule has 0 heterocycles. The fraction of sp³-hybridized carbons (Fsp3) is 0.261. The van der Waals surface area contributed by atoms with Gasteiger partial charge in [-0.25, -0.2) is 9.59 Å². The number of benzene rings is 2. The second-order valence-electron chi connectivity index (χ2n) is 7.10. The van der Waals surface area contributed by atoms with E-state index in [4.69, 9.17) is 15.9 Å². The first-order chi connectivity index (χ1) is 14.2. The summed E-state index contributed by atoms with van der Waals surface area (Å²) in [7, 11) is 1.94. The Balaban J connectivity index is 0.000000343. The number of nitrogens with two attached hydrogens (primary N) is 1. The van der Waals surface area contributed by atoms with Gasteiger partial charge in [0.25, 0.3) is 0 Å². The number of amides is 1. The van der Waals surface area contributed by atoms with E-state index in [0.29, 0.717) is 18.2 Å². The Morgan fingerprint density at radius 2 is 1.40 bits per heavy atom. The van der Waals surface area contributed by atoms with Crippen molar-refractivity contribution in [1.29, 1.82) is 0 Å². The molecule has 7 heteroatoms. The zero-order chi connectivity index (χ0) is 22.3. The van der Waals surface area contributed by atoms with Crippen LogP contribution in [-0.4, -0.2) is 41.1 Å². The number of carbonyl (C=O) groups excluding carboxylic acids is 1. The van der Waals surface area contributed by atoms with Gasteiger partial charge in [0.15, 0.2) is 0 Å². The van der Waals surface area contributed by atoms with Gasteiger partial charge in [0, 0.05) is 18.2 Å². The SMILES string of the molecule is CNC(C)CCC1(C(N)=O)c2ccccc2-c2ccccc21.O=C(O)C=CC(=O)O. The average molecular weight is 410 g/mol. The summed E-state index contributed by atoms with van der Waals surface area (Å²) in [6.45, 7) is 2.13. The first-order valence-corrected chi connectivity index (χ1v) is 9.54. The molecule has 3 rings (SSSR count). The van der Waals surface area contributed by atoms with Gasteiger partial charge in [-0.3, -0.25) is 4.79 Å². The molecule has 0 saturated carbocycles. The minimum absolute atomic E-state index is 0.256. The van der Waals surface area contributed by atoms with E-state index in [1.165, 1.54) is 0 Å². The summed E-state index contributed by atoms with van der Waals surface area (Å²) in [4.78, 5) is 31.7. The molecule has 1 amide bonds. The highest BCUT2D eigenvalue weighted by Crippen LogP contribution is 2.51. The molecule has 0 aromatic heterocycles. The summed E-state index contributed by atoms with van der Waals surface area (Å²) in [6.07, 6.45) is 2.73. The average Bonchev–Trinajstić information content (AvgIpc) is 3.02. The molecule has 0 bridgehead atoms. The van der Waals surface area contributed by atoms with Crippen LogP contribution in [-0.2, 0) is 19.8 Å². The molecule has 0 radical (unpaired) electrons. The third-order valence-electron chi connectivity index (χ3n) is 5.30. The maximum absolute atomic E-state index is 12.6. The first kappa shape index (κ1) is 22.8. The van der Waals surface area contributed by atoms with Crippen LogP contribution >= 0.6 is 0 Å². The fourth-order valence-corrected chi connectivity index (χ4v) is 3.70. The Hall–Kier alpha value is -3.45. The molecule has 7 nitrogen and oxygen atoms in total. The van der Waals surface area contributed by atoms with Gasteiger partial charge < -0.3 is 21.3 Å². The highest BCUT2D eigenvalue weighted by molar-refractivity contribution is 5.99. The van der Waals surface area contributed by atoms with Crippen LogP contribution in [0.25, 0.3) is 11.1 Å². The van der Waals surface area contributed by atoms with E-state index in [1.54, 1.807) is 0 Å². The maximum atomic E-state index is 12.6. The molecule has 0 aliphatic heterocycles. The lowest BCUT2D eigenvalue weighted by atomic mass is 9.73. The van der Waals surface area contributed by atoms with Crippen molar-refractivity contribution < 1.29 is 24.6 Å². The Morgan fingerprint density at radius 3 is 1.77 bits per heavy atom. The normalized spacial score (nSPS) is 14.2. The van der Waals surface area contributed by atoms with Crippen LogP contribution in [0.1, 0.15) is 30.9 Å². The second-order valence-corrected chi connectivity index (χ2v) is 7.10. The van der Waals surface area contributed by atoms with Crippen molar-refractivity contribution in [3.8, 4) is 11.1 Å². The molecule has 2 aromatic rings. The van der Waals surface area contributed by atoms with E-state index in [0.717, 1.165) is 35.1 Å². The van der Waals surface area contributed by atoms with Crippen LogP contribution in [0.5, 0.6) is 0 Å². The molecule has 0 spiro atoms. The minimum atomic E-state index is -1.26. The lowest BCUT2D eigenvalue weighted by Crippen LogP contribution is -2.42. The summed E-state index contributed by atoms with van der Waals surface area (Å²) in [5.74, 6) is -2.77. The number of nitrogens with one attached hydrogen (secondary N) is 1. The number of rotatable bonds is 7. The summed E-state index contributed by atoms with van der Waals surface area (Å²) < 4.78 is 0. The number of carbonyl (C=O) groups is 3. The van der Waals surface area contributed by atoms with Crippen molar-refractivity contribution in [2.45, 2.75) is 31.2 Å². The van der Waals surface area contributed by atoms with Crippen LogP contribution < -0.4 is 11.1 Å².